The summed E-state index contributed by atoms with van der Waals surface area (Å²) < 4.78 is 20.2. The lowest BCUT2D eigenvalue weighted by Crippen LogP contribution is -3.14. The van der Waals surface area contributed by atoms with Gasteiger partial charge in [0.05, 0.1) is 36.5 Å². The number of morpholine rings is 1. The Morgan fingerprint density at radius 3 is 2.79 bits per heavy atom. The minimum Gasteiger partial charge on any atom is -0.370 e. The van der Waals surface area contributed by atoms with Gasteiger partial charge in [-0.25, -0.2) is 9.37 Å². The molecule has 0 spiro atoms. The molecule has 0 atom stereocenters. The zero-order chi connectivity index (χ0) is 20.4. The van der Waals surface area contributed by atoms with Crippen LogP contribution in [0.1, 0.15) is 21.5 Å². The molecule has 2 heterocycles. The van der Waals surface area contributed by atoms with Crippen LogP contribution in [-0.4, -0.2) is 50.3 Å². The highest BCUT2D eigenvalue weighted by Crippen LogP contribution is 2.32. The van der Waals surface area contributed by atoms with Crippen LogP contribution in [0.4, 0.5) is 9.52 Å². The second-order valence-corrected chi connectivity index (χ2v) is 8.44. The number of ether oxygens (including phenoxy) is 1. The first-order valence-electron chi connectivity index (χ1n) is 9.88. The van der Waals surface area contributed by atoms with Crippen molar-refractivity contribution in [1.29, 1.82) is 0 Å². The van der Waals surface area contributed by atoms with Gasteiger partial charge in [0.2, 0.25) is 0 Å². The Morgan fingerprint density at radius 2 is 2.03 bits per heavy atom. The van der Waals surface area contributed by atoms with Crippen molar-refractivity contribution in [3.8, 4) is 0 Å². The van der Waals surface area contributed by atoms with Crippen LogP contribution in [0.5, 0.6) is 0 Å². The zero-order valence-electron chi connectivity index (χ0n) is 16.7. The molecule has 0 bridgehead atoms. The van der Waals surface area contributed by atoms with E-state index in [0.717, 1.165) is 48.6 Å². The fraction of sp³-hybridized carbons (Fsp3) is 0.364. The van der Waals surface area contributed by atoms with E-state index in [-0.39, 0.29) is 5.91 Å². The first-order valence-corrected chi connectivity index (χ1v) is 10.7. The highest BCUT2D eigenvalue weighted by molar-refractivity contribution is 7.22. The normalized spacial score (nSPS) is 15.0. The second kappa shape index (κ2) is 8.57. The van der Waals surface area contributed by atoms with Crippen LogP contribution < -0.4 is 9.80 Å². The molecule has 7 heteroatoms. The molecule has 5 nitrogen and oxygen atoms in total. The number of aryl methyl sites for hydroxylation is 2. The Bertz CT molecular complexity index is 1030. The fourth-order valence-electron chi connectivity index (χ4n) is 3.57. The number of rotatable bonds is 5. The Labute approximate surface area is 173 Å². The molecule has 1 fully saturated rings. The van der Waals surface area contributed by atoms with Crippen molar-refractivity contribution in [1.82, 2.24) is 4.98 Å². The number of hydrogen-bond donors (Lipinski definition) is 1. The van der Waals surface area contributed by atoms with Gasteiger partial charge in [-0.2, -0.15) is 0 Å². The number of aromatic nitrogens is 1. The third kappa shape index (κ3) is 4.32. The molecule has 1 amide bonds. The minimum atomic E-state index is -0.412. The molecule has 1 aliphatic heterocycles. The number of anilines is 1. The Hall–Kier alpha value is -2.35. The monoisotopic (exact) mass is 414 g/mol. The largest absolute Gasteiger partial charge is 0.370 e. The summed E-state index contributed by atoms with van der Waals surface area (Å²) in [5, 5.41) is 0.663. The van der Waals surface area contributed by atoms with Gasteiger partial charge in [-0.1, -0.05) is 23.5 Å². The smallest absolute Gasteiger partial charge is 0.260 e. The van der Waals surface area contributed by atoms with Crippen molar-refractivity contribution >= 4 is 32.6 Å². The Morgan fingerprint density at radius 1 is 1.24 bits per heavy atom. The molecule has 152 valence electrons. The summed E-state index contributed by atoms with van der Waals surface area (Å²) >= 11 is 1.51. The third-order valence-electron chi connectivity index (χ3n) is 5.51. The molecular formula is C22H25FN3O2S+. The number of nitrogens with one attached hydrogen (secondary N) is 1. The Balaban J connectivity index is 1.67. The number of halogens is 1. The van der Waals surface area contributed by atoms with Gasteiger partial charge in [0.25, 0.3) is 5.91 Å². The topological polar surface area (TPSA) is 46.9 Å². The van der Waals surface area contributed by atoms with E-state index >= 15 is 0 Å². The van der Waals surface area contributed by atoms with Gasteiger partial charge in [0, 0.05) is 5.56 Å². The fourth-order valence-corrected chi connectivity index (χ4v) is 4.62. The van der Waals surface area contributed by atoms with Gasteiger partial charge in [0.1, 0.15) is 18.9 Å². The summed E-state index contributed by atoms with van der Waals surface area (Å²) in [6.45, 7) is 8.80. The van der Waals surface area contributed by atoms with Crippen LogP contribution in [-0.2, 0) is 4.74 Å². The molecule has 1 saturated heterocycles. The number of thiazole rings is 1. The third-order valence-corrected chi connectivity index (χ3v) is 6.55. The van der Waals surface area contributed by atoms with E-state index in [1.54, 1.807) is 17.0 Å². The maximum atomic E-state index is 13.7. The minimum absolute atomic E-state index is 0.217. The van der Waals surface area contributed by atoms with Gasteiger partial charge in [-0.15, -0.1) is 0 Å². The number of benzene rings is 2. The molecule has 2 aromatic carbocycles. The van der Waals surface area contributed by atoms with Crippen molar-refractivity contribution in [2.24, 2.45) is 0 Å². The first-order chi connectivity index (χ1) is 14.0. The van der Waals surface area contributed by atoms with Crippen LogP contribution in [0, 0.1) is 19.7 Å². The van der Waals surface area contributed by atoms with Gasteiger partial charge < -0.3 is 9.64 Å². The summed E-state index contributed by atoms with van der Waals surface area (Å²) in [5.41, 5.74) is 3.58. The van der Waals surface area contributed by atoms with Gasteiger partial charge in [-0.3, -0.25) is 9.69 Å². The van der Waals surface area contributed by atoms with E-state index in [0.29, 0.717) is 17.2 Å². The summed E-state index contributed by atoms with van der Waals surface area (Å²) in [6.07, 6.45) is 0. The molecule has 0 unspecified atom stereocenters. The Kier molecular flexibility index (Phi) is 5.89. The molecular weight excluding hydrogens is 389 g/mol. The van der Waals surface area contributed by atoms with E-state index in [1.165, 1.54) is 33.9 Å². The first kappa shape index (κ1) is 19.9. The molecule has 1 aromatic heterocycles. The predicted molar refractivity (Wildman–Crippen MR) is 114 cm³/mol. The number of fused-ring (bicyclic) bond motifs is 1. The molecule has 1 N–H and O–H groups in total. The molecule has 0 aliphatic carbocycles. The number of quaternary nitrogens is 1. The quantitative estimate of drug-likeness (QED) is 0.698. The number of hydrogen-bond acceptors (Lipinski definition) is 4. The van der Waals surface area contributed by atoms with Gasteiger partial charge in [-0.05, 0) is 49.2 Å². The van der Waals surface area contributed by atoms with Crippen LogP contribution >= 0.6 is 11.3 Å². The molecule has 0 radical (unpaired) electrons. The van der Waals surface area contributed by atoms with Crippen LogP contribution in [0.25, 0.3) is 10.2 Å². The van der Waals surface area contributed by atoms with Crippen molar-refractivity contribution in [2.45, 2.75) is 13.8 Å². The predicted octanol–water partition coefficient (Wildman–Crippen LogP) is 2.61. The lowest BCUT2D eigenvalue weighted by Gasteiger charge is -2.27. The SMILES string of the molecule is Cc1ccc2sc(N(CC[NH+]3CCOCC3)C(=O)c3cccc(F)c3)nc2c1C. The van der Waals surface area contributed by atoms with Gasteiger partial charge in [0.15, 0.2) is 5.13 Å². The van der Waals surface area contributed by atoms with E-state index < -0.39 is 5.82 Å². The highest BCUT2D eigenvalue weighted by Gasteiger charge is 2.24. The number of carbonyl (C=O) groups is 1. The number of amides is 1. The van der Waals surface area contributed by atoms with Crippen LogP contribution in [0.15, 0.2) is 36.4 Å². The molecule has 4 rings (SSSR count). The molecule has 3 aromatic rings. The average Bonchev–Trinajstić information content (AvgIpc) is 3.16. The van der Waals surface area contributed by atoms with E-state index in [1.807, 2.05) is 0 Å². The number of nitrogens with zero attached hydrogens (tertiary/aromatic N) is 2. The summed E-state index contributed by atoms with van der Waals surface area (Å²) in [7, 11) is 0. The van der Waals surface area contributed by atoms with E-state index in [2.05, 4.69) is 26.0 Å². The average molecular weight is 415 g/mol. The van der Waals surface area contributed by atoms with Crippen molar-refractivity contribution in [3.05, 3.63) is 58.9 Å². The second-order valence-electron chi connectivity index (χ2n) is 7.43. The van der Waals surface area contributed by atoms with Crippen molar-refractivity contribution in [3.63, 3.8) is 0 Å². The van der Waals surface area contributed by atoms with Gasteiger partial charge >= 0.3 is 0 Å². The van der Waals surface area contributed by atoms with E-state index in [4.69, 9.17) is 9.72 Å². The zero-order valence-corrected chi connectivity index (χ0v) is 17.5. The van der Waals surface area contributed by atoms with Crippen molar-refractivity contribution in [2.75, 3.05) is 44.3 Å². The van der Waals surface area contributed by atoms with Crippen LogP contribution in [0.3, 0.4) is 0 Å². The summed E-state index contributed by atoms with van der Waals surface area (Å²) in [5.74, 6) is -0.629. The van der Waals surface area contributed by atoms with Crippen LogP contribution in [0.2, 0.25) is 0 Å². The highest BCUT2D eigenvalue weighted by atomic mass is 32.1. The summed E-state index contributed by atoms with van der Waals surface area (Å²) in [4.78, 5) is 21.2. The van der Waals surface area contributed by atoms with E-state index in [9.17, 15) is 9.18 Å². The molecule has 1 aliphatic rings. The maximum absolute atomic E-state index is 13.7. The standard InChI is InChI=1S/C22H24FN3O2S/c1-15-6-7-19-20(16(15)2)24-22(29-19)26(9-8-25-10-12-28-13-11-25)21(27)17-4-3-5-18(23)14-17/h3-7,14H,8-13H2,1-2H3/p+1. The van der Waals surface area contributed by atoms with Crippen molar-refractivity contribution < 1.29 is 18.8 Å². The summed E-state index contributed by atoms with van der Waals surface area (Å²) in [6, 6.07) is 10.00. The number of carbonyl (C=O) groups excluding carboxylic acids is 1. The molecule has 0 saturated carbocycles. The molecule has 29 heavy (non-hydrogen) atoms. The lowest BCUT2D eigenvalue weighted by atomic mass is 10.1. The maximum Gasteiger partial charge on any atom is 0.260 e. The lowest BCUT2D eigenvalue weighted by molar-refractivity contribution is -0.906.